The quantitative estimate of drug-likeness (QED) is 0.416. The molecule has 1 saturated heterocycles. The van der Waals surface area contributed by atoms with Gasteiger partial charge in [-0.25, -0.2) is 0 Å². The molecule has 2 aliphatic rings. The van der Waals surface area contributed by atoms with Gasteiger partial charge in [-0.05, 0) is 56.2 Å². The minimum absolute atomic E-state index is 0.0470. The van der Waals surface area contributed by atoms with Crippen LogP contribution in [0.15, 0.2) is 60.8 Å². The van der Waals surface area contributed by atoms with Gasteiger partial charge in [0.1, 0.15) is 5.69 Å². The molecule has 1 aliphatic carbocycles. The molecule has 1 aliphatic heterocycles. The fourth-order valence-corrected chi connectivity index (χ4v) is 5.31. The minimum Gasteiger partial charge on any atom is -0.381 e. The fraction of sp³-hybridized carbons (Fsp3) is 0.357. The Morgan fingerprint density at radius 2 is 1.91 bits per heavy atom. The van der Waals surface area contributed by atoms with E-state index in [2.05, 4.69) is 80.0 Å². The first kappa shape index (κ1) is 21.9. The fourth-order valence-electron chi connectivity index (χ4n) is 5.31. The van der Waals surface area contributed by atoms with Gasteiger partial charge in [-0.3, -0.25) is 19.6 Å². The maximum absolute atomic E-state index is 13.3. The summed E-state index contributed by atoms with van der Waals surface area (Å²) in [6.07, 6.45) is 2.83. The van der Waals surface area contributed by atoms with Crippen LogP contribution in [-0.4, -0.2) is 39.6 Å². The number of aromatic nitrogens is 3. The van der Waals surface area contributed by atoms with E-state index in [4.69, 9.17) is 9.84 Å². The number of rotatable bonds is 7. The number of carbonyl (C=O) groups excluding carboxylic acids is 1. The van der Waals surface area contributed by atoms with Crippen LogP contribution in [0.1, 0.15) is 47.2 Å². The van der Waals surface area contributed by atoms with E-state index in [9.17, 15) is 4.79 Å². The largest absolute Gasteiger partial charge is 0.381 e. The van der Waals surface area contributed by atoms with Gasteiger partial charge in [0, 0.05) is 29.5 Å². The molecule has 180 valence electrons. The molecule has 4 aromatic rings. The first-order valence-electron chi connectivity index (χ1n) is 12.4. The monoisotopic (exact) mass is 469 g/mol. The van der Waals surface area contributed by atoms with Crippen LogP contribution in [0.4, 0.5) is 5.69 Å². The second-order valence-corrected chi connectivity index (χ2v) is 9.80. The molecule has 0 spiro atoms. The molecule has 0 radical (unpaired) electrons. The van der Waals surface area contributed by atoms with Crippen LogP contribution in [0.25, 0.3) is 10.9 Å². The molecule has 3 unspecified atom stereocenters. The molecule has 2 aromatic heterocycles. The van der Waals surface area contributed by atoms with Crippen molar-refractivity contribution in [1.82, 2.24) is 19.8 Å². The number of benzene rings is 2. The predicted molar refractivity (Wildman–Crippen MR) is 137 cm³/mol. The molecule has 1 saturated carbocycles. The predicted octanol–water partition coefficient (Wildman–Crippen LogP) is 4.57. The van der Waals surface area contributed by atoms with Crippen LogP contribution < -0.4 is 10.7 Å². The summed E-state index contributed by atoms with van der Waals surface area (Å²) in [6, 6.07) is 18.8. The van der Waals surface area contributed by atoms with Gasteiger partial charge in [0.05, 0.1) is 36.2 Å². The highest BCUT2D eigenvalue weighted by Crippen LogP contribution is 2.44. The van der Waals surface area contributed by atoms with Crippen molar-refractivity contribution in [3.8, 4) is 0 Å². The number of hydrogen-bond donors (Lipinski definition) is 2. The molecule has 35 heavy (non-hydrogen) atoms. The molecule has 2 fully saturated rings. The molecule has 2 N–H and O–H groups in total. The van der Waals surface area contributed by atoms with Crippen LogP contribution in [0.5, 0.6) is 0 Å². The minimum atomic E-state index is -0.1000. The molecule has 7 heteroatoms. The zero-order valence-electron chi connectivity index (χ0n) is 20.4. The normalized spacial score (nSPS) is 21.6. The van der Waals surface area contributed by atoms with E-state index in [1.807, 2.05) is 21.6 Å². The Hall–Kier alpha value is -3.58. The molecule has 3 heterocycles. The van der Waals surface area contributed by atoms with E-state index in [-0.39, 0.29) is 18.0 Å². The molecule has 2 aromatic carbocycles. The van der Waals surface area contributed by atoms with E-state index >= 15 is 0 Å². The SMILES string of the molecule is CCc1cc(C(=O)NC2C3COCC32)n(C(C)c2cccc3c2ccn3Nc2ccc(C)cc2)n1. The Labute approximate surface area is 205 Å². The highest BCUT2D eigenvalue weighted by atomic mass is 16.5. The van der Waals surface area contributed by atoms with Crippen LogP contribution in [0, 0.1) is 18.8 Å². The van der Waals surface area contributed by atoms with Gasteiger partial charge in [-0.2, -0.15) is 5.10 Å². The second kappa shape index (κ2) is 8.57. The third-order valence-electron chi connectivity index (χ3n) is 7.52. The van der Waals surface area contributed by atoms with Crippen LogP contribution in [0.2, 0.25) is 0 Å². The van der Waals surface area contributed by atoms with E-state index in [1.165, 1.54) is 5.56 Å². The van der Waals surface area contributed by atoms with Crippen molar-refractivity contribution in [2.75, 3.05) is 18.6 Å². The van der Waals surface area contributed by atoms with E-state index in [0.717, 1.165) is 47.5 Å². The molecule has 3 atom stereocenters. The lowest BCUT2D eigenvalue weighted by molar-refractivity contribution is 0.0917. The van der Waals surface area contributed by atoms with Crippen molar-refractivity contribution >= 4 is 22.5 Å². The third kappa shape index (κ3) is 3.90. The van der Waals surface area contributed by atoms with E-state index < -0.39 is 0 Å². The number of anilines is 1. The number of fused-ring (bicyclic) bond motifs is 2. The lowest BCUT2D eigenvalue weighted by atomic mass is 10.0. The standard InChI is InChI=1S/C28H31N5O2/c1-4-19-14-26(28(34)29-27-23-15-35-16-24(23)27)33(31-19)18(3)21-6-5-7-25-22(21)12-13-32(25)30-20-10-8-17(2)9-11-20/h5-14,18,23-24,27,30H,4,15-16H2,1-3H3,(H,29,34). The van der Waals surface area contributed by atoms with Crippen molar-refractivity contribution in [1.29, 1.82) is 0 Å². The van der Waals surface area contributed by atoms with E-state index in [0.29, 0.717) is 17.5 Å². The summed E-state index contributed by atoms with van der Waals surface area (Å²) in [4.78, 5) is 13.3. The Bertz CT molecular complexity index is 1380. The maximum Gasteiger partial charge on any atom is 0.269 e. The number of nitrogens with zero attached hydrogens (tertiary/aromatic N) is 3. The van der Waals surface area contributed by atoms with Crippen LogP contribution in [0.3, 0.4) is 0 Å². The average molecular weight is 470 g/mol. The summed E-state index contributed by atoms with van der Waals surface area (Å²) in [5, 5.41) is 9.19. The number of aryl methyl sites for hydroxylation is 2. The first-order valence-corrected chi connectivity index (χ1v) is 12.4. The van der Waals surface area contributed by atoms with Gasteiger partial charge >= 0.3 is 0 Å². The zero-order valence-corrected chi connectivity index (χ0v) is 20.4. The Morgan fingerprint density at radius 3 is 2.66 bits per heavy atom. The highest BCUT2D eigenvalue weighted by Gasteiger charge is 2.55. The average Bonchev–Trinajstić information content (AvgIpc) is 3.34. The molecule has 7 nitrogen and oxygen atoms in total. The van der Waals surface area contributed by atoms with Crippen molar-refractivity contribution < 1.29 is 9.53 Å². The van der Waals surface area contributed by atoms with Crippen molar-refractivity contribution in [2.45, 2.75) is 39.3 Å². The maximum atomic E-state index is 13.3. The number of amides is 1. The third-order valence-corrected chi connectivity index (χ3v) is 7.52. The van der Waals surface area contributed by atoms with Gasteiger partial charge in [0.2, 0.25) is 0 Å². The van der Waals surface area contributed by atoms with Gasteiger partial charge in [0.25, 0.3) is 5.91 Å². The smallest absolute Gasteiger partial charge is 0.269 e. The van der Waals surface area contributed by atoms with Crippen molar-refractivity contribution in [2.24, 2.45) is 11.8 Å². The van der Waals surface area contributed by atoms with Gasteiger partial charge in [-0.15, -0.1) is 0 Å². The van der Waals surface area contributed by atoms with Crippen molar-refractivity contribution in [3.63, 3.8) is 0 Å². The number of hydrogen-bond acceptors (Lipinski definition) is 4. The van der Waals surface area contributed by atoms with Crippen LogP contribution in [-0.2, 0) is 11.2 Å². The van der Waals surface area contributed by atoms with Gasteiger partial charge < -0.3 is 10.1 Å². The lowest BCUT2D eigenvalue weighted by Crippen LogP contribution is -2.32. The molecule has 1 amide bonds. The van der Waals surface area contributed by atoms with Gasteiger partial charge in [0.15, 0.2) is 0 Å². The highest BCUT2D eigenvalue weighted by molar-refractivity contribution is 5.93. The second-order valence-electron chi connectivity index (χ2n) is 9.80. The lowest BCUT2D eigenvalue weighted by Gasteiger charge is -2.18. The Balaban J connectivity index is 1.30. The molecule has 0 bridgehead atoms. The first-order chi connectivity index (χ1) is 17.0. The molecular formula is C28H31N5O2. The summed E-state index contributed by atoms with van der Waals surface area (Å²) in [5.74, 6) is 0.884. The number of carbonyl (C=O) groups is 1. The summed E-state index contributed by atoms with van der Waals surface area (Å²) in [7, 11) is 0. The van der Waals surface area contributed by atoms with Crippen molar-refractivity contribution in [3.05, 3.63) is 83.3 Å². The number of ether oxygens (including phenoxy) is 1. The Kier molecular flexibility index (Phi) is 5.37. The summed E-state index contributed by atoms with van der Waals surface area (Å²) < 4.78 is 9.41. The van der Waals surface area contributed by atoms with E-state index in [1.54, 1.807) is 0 Å². The van der Waals surface area contributed by atoms with Crippen LogP contribution >= 0.6 is 0 Å². The zero-order chi connectivity index (χ0) is 24.1. The topological polar surface area (TPSA) is 73.1 Å². The number of nitrogens with one attached hydrogen (secondary N) is 2. The molecular weight excluding hydrogens is 438 g/mol. The molecule has 6 rings (SSSR count). The summed E-state index contributed by atoms with van der Waals surface area (Å²) in [5.41, 5.74) is 9.48. The Morgan fingerprint density at radius 1 is 1.14 bits per heavy atom. The summed E-state index contributed by atoms with van der Waals surface area (Å²) >= 11 is 0. The van der Waals surface area contributed by atoms with Gasteiger partial charge in [-0.1, -0.05) is 36.8 Å². The summed E-state index contributed by atoms with van der Waals surface area (Å²) in [6.45, 7) is 7.77.